The first kappa shape index (κ1) is 13.5. The summed E-state index contributed by atoms with van der Waals surface area (Å²) in [5, 5.41) is 0. The van der Waals surface area contributed by atoms with Crippen LogP contribution in [0.15, 0.2) is 0 Å². The van der Waals surface area contributed by atoms with E-state index in [1.54, 1.807) is 0 Å². The lowest BCUT2D eigenvalue weighted by Gasteiger charge is -2.34. The van der Waals surface area contributed by atoms with Gasteiger partial charge in [0.15, 0.2) is 0 Å². The van der Waals surface area contributed by atoms with Crippen LogP contribution in [0, 0.1) is 23.7 Å². The van der Waals surface area contributed by atoms with Crippen molar-refractivity contribution in [1.29, 1.82) is 0 Å². The molecule has 0 N–H and O–H groups in total. The van der Waals surface area contributed by atoms with E-state index in [1.807, 2.05) is 13.8 Å². The van der Waals surface area contributed by atoms with E-state index < -0.39 is 0 Å². The fourth-order valence-corrected chi connectivity index (χ4v) is 3.01. The van der Waals surface area contributed by atoms with Gasteiger partial charge in [-0.3, -0.25) is 4.79 Å². The third-order valence-electron chi connectivity index (χ3n) is 3.82. The van der Waals surface area contributed by atoms with Crippen LogP contribution in [0.1, 0.15) is 48.0 Å². The van der Waals surface area contributed by atoms with Gasteiger partial charge in [-0.1, -0.05) is 41.5 Å². The molecule has 1 aliphatic heterocycles. The Morgan fingerprint density at radius 1 is 1.06 bits per heavy atom. The number of rotatable bonds is 3. The van der Waals surface area contributed by atoms with Gasteiger partial charge in [-0.15, -0.1) is 0 Å². The Labute approximate surface area is 100 Å². The van der Waals surface area contributed by atoms with Crippen LogP contribution in [0.4, 0.5) is 0 Å². The van der Waals surface area contributed by atoms with Crippen molar-refractivity contribution in [2.45, 2.75) is 54.0 Å². The summed E-state index contributed by atoms with van der Waals surface area (Å²) in [6.45, 7) is 14.0. The van der Waals surface area contributed by atoms with Crippen molar-refractivity contribution in [2.75, 3.05) is 6.54 Å². The van der Waals surface area contributed by atoms with Crippen LogP contribution in [0.2, 0.25) is 0 Å². The zero-order chi connectivity index (χ0) is 12.5. The Balaban J connectivity index is 2.84. The van der Waals surface area contributed by atoms with Crippen molar-refractivity contribution >= 4 is 5.91 Å². The molecular weight excluding hydrogens is 198 g/mol. The minimum Gasteiger partial charge on any atom is -0.339 e. The molecule has 2 heteroatoms. The van der Waals surface area contributed by atoms with Crippen molar-refractivity contribution in [3.63, 3.8) is 0 Å². The molecule has 0 aromatic heterocycles. The van der Waals surface area contributed by atoms with Gasteiger partial charge in [0.2, 0.25) is 5.91 Å². The predicted octanol–water partition coefficient (Wildman–Crippen LogP) is 3.17. The first-order valence-electron chi connectivity index (χ1n) is 6.66. The van der Waals surface area contributed by atoms with Crippen molar-refractivity contribution in [3.05, 3.63) is 0 Å². The molecule has 0 aliphatic carbocycles. The highest BCUT2D eigenvalue weighted by atomic mass is 16.2. The van der Waals surface area contributed by atoms with Gasteiger partial charge < -0.3 is 4.90 Å². The Morgan fingerprint density at radius 3 is 2.00 bits per heavy atom. The second kappa shape index (κ2) is 5.20. The number of carbonyl (C=O) groups excluding carboxylic acids is 1. The van der Waals surface area contributed by atoms with E-state index in [4.69, 9.17) is 0 Å². The molecule has 1 saturated heterocycles. The molecule has 0 spiro atoms. The van der Waals surface area contributed by atoms with Crippen LogP contribution in [-0.2, 0) is 4.79 Å². The SMILES string of the molecule is CC(C)C(=O)N1CCC(C(C)C)C1C(C)C. The minimum absolute atomic E-state index is 0.132. The summed E-state index contributed by atoms with van der Waals surface area (Å²) in [6.07, 6.45) is 1.18. The number of amides is 1. The number of carbonyl (C=O) groups is 1. The summed E-state index contributed by atoms with van der Waals surface area (Å²) in [7, 11) is 0. The van der Waals surface area contributed by atoms with E-state index in [0.29, 0.717) is 29.7 Å². The Kier molecular flexibility index (Phi) is 4.40. The molecule has 1 rings (SSSR count). The van der Waals surface area contributed by atoms with Gasteiger partial charge in [-0.05, 0) is 24.2 Å². The molecule has 1 aliphatic rings. The summed E-state index contributed by atoms with van der Waals surface area (Å²) in [5.74, 6) is 2.40. The van der Waals surface area contributed by atoms with E-state index in [-0.39, 0.29) is 5.92 Å². The molecule has 0 saturated carbocycles. The molecule has 0 aromatic carbocycles. The normalized spacial score (nSPS) is 26.2. The third-order valence-corrected chi connectivity index (χ3v) is 3.82. The maximum Gasteiger partial charge on any atom is 0.225 e. The number of likely N-dealkylation sites (tertiary alicyclic amines) is 1. The third kappa shape index (κ3) is 2.58. The smallest absolute Gasteiger partial charge is 0.225 e. The van der Waals surface area contributed by atoms with Gasteiger partial charge in [-0.2, -0.15) is 0 Å². The highest BCUT2D eigenvalue weighted by Gasteiger charge is 2.40. The second-order valence-electron chi connectivity index (χ2n) is 6.12. The molecule has 1 fully saturated rings. The number of hydrogen-bond acceptors (Lipinski definition) is 1. The van der Waals surface area contributed by atoms with Crippen LogP contribution >= 0.6 is 0 Å². The molecule has 0 aromatic rings. The molecular formula is C14H27NO. The predicted molar refractivity (Wildman–Crippen MR) is 68.1 cm³/mol. The van der Waals surface area contributed by atoms with E-state index in [2.05, 4.69) is 32.6 Å². The average Bonchev–Trinajstić information content (AvgIpc) is 2.60. The summed E-state index contributed by atoms with van der Waals surface area (Å²) >= 11 is 0. The lowest BCUT2D eigenvalue weighted by atomic mass is 9.83. The molecule has 2 atom stereocenters. The molecule has 94 valence electrons. The topological polar surface area (TPSA) is 20.3 Å². The first-order chi connectivity index (χ1) is 7.36. The fourth-order valence-electron chi connectivity index (χ4n) is 3.01. The van der Waals surface area contributed by atoms with Gasteiger partial charge in [0.05, 0.1) is 0 Å². The first-order valence-corrected chi connectivity index (χ1v) is 6.66. The van der Waals surface area contributed by atoms with Crippen LogP contribution in [0.25, 0.3) is 0 Å². The molecule has 0 radical (unpaired) electrons. The Hall–Kier alpha value is -0.530. The Bertz CT molecular complexity index is 245. The van der Waals surface area contributed by atoms with Gasteiger partial charge in [0.25, 0.3) is 0 Å². The maximum atomic E-state index is 12.2. The maximum absolute atomic E-state index is 12.2. The minimum atomic E-state index is 0.132. The van der Waals surface area contributed by atoms with E-state index in [0.717, 1.165) is 6.54 Å². The molecule has 1 heterocycles. The zero-order valence-corrected chi connectivity index (χ0v) is 11.7. The lowest BCUT2D eigenvalue weighted by molar-refractivity contribution is -0.136. The largest absolute Gasteiger partial charge is 0.339 e. The van der Waals surface area contributed by atoms with Crippen molar-refractivity contribution in [1.82, 2.24) is 4.90 Å². The average molecular weight is 225 g/mol. The van der Waals surface area contributed by atoms with Crippen LogP contribution < -0.4 is 0 Å². The van der Waals surface area contributed by atoms with Crippen LogP contribution in [0.5, 0.6) is 0 Å². The molecule has 2 unspecified atom stereocenters. The van der Waals surface area contributed by atoms with Crippen molar-refractivity contribution in [3.8, 4) is 0 Å². The summed E-state index contributed by atoms with van der Waals surface area (Å²) in [4.78, 5) is 14.3. The van der Waals surface area contributed by atoms with Gasteiger partial charge in [0.1, 0.15) is 0 Å². The summed E-state index contributed by atoms with van der Waals surface area (Å²) in [5.41, 5.74) is 0. The summed E-state index contributed by atoms with van der Waals surface area (Å²) < 4.78 is 0. The number of hydrogen-bond donors (Lipinski definition) is 0. The highest BCUT2D eigenvalue weighted by Crippen LogP contribution is 2.35. The van der Waals surface area contributed by atoms with Gasteiger partial charge >= 0.3 is 0 Å². The quantitative estimate of drug-likeness (QED) is 0.722. The van der Waals surface area contributed by atoms with E-state index in [1.165, 1.54) is 6.42 Å². The fraction of sp³-hybridized carbons (Fsp3) is 0.929. The highest BCUT2D eigenvalue weighted by molar-refractivity contribution is 5.78. The molecule has 0 bridgehead atoms. The Morgan fingerprint density at radius 2 is 1.62 bits per heavy atom. The van der Waals surface area contributed by atoms with Crippen LogP contribution in [-0.4, -0.2) is 23.4 Å². The van der Waals surface area contributed by atoms with E-state index >= 15 is 0 Å². The summed E-state index contributed by atoms with van der Waals surface area (Å²) in [6, 6.07) is 0.454. The van der Waals surface area contributed by atoms with Crippen LogP contribution in [0.3, 0.4) is 0 Å². The van der Waals surface area contributed by atoms with Crippen molar-refractivity contribution < 1.29 is 4.79 Å². The zero-order valence-electron chi connectivity index (χ0n) is 11.7. The molecule has 16 heavy (non-hydrogen) atoms. The monoisotopic (exact) mass is 225 g/mol. The number of nitrogens with zero attached hydrogens (tertiary/aromatic N) is 1. The van der Waals surface area contributed by atoms with Gasteiger partial charge in [-0.25, -0.2) is 0 Å². The second-order valence-corrected chi connectivity index (χ2v) is 6.12. The van der Waals surface area contributed by atoms with Crippen molar-refractivity contribution in [2.24, 2.45) is 23.7 Å². The van der Waals surface area contributed by atoms with E-state index in [9.17, 15) is 4.79 Å². The molecule has 2 nitrogen and oxygen atoms in total. The lowest BCUT2D eigenvalue weighted by Crippen LogP contribution is -2.44. The standard InChI is InChI=1S/C14H27NO/c1-9(2)12-7-8-15(13(12)10(3)4)14(16)11(5)6/h9-13H,7-8H2,1-6H3. The molecule has 1 amide bonds. The van der Waals surface area contributed by atoms with Gasteiger partial charge in [0, 0.05) is 18.5 Å².